The number of hydrogen-bond acceptors (Lipinski definition) is 5. The number of hydrogen-bond donors (Lipinski definition) is 0. The Kier molecular flexibility index (Phi) is 5.91. The summed E-state index contributed by atoms with van der Waals surface area (Å²) in [7, 11) is 3.23. The van der Waals surface area contributed by atoms with Gasteiger partial charge >= 0.3 is 0 Å². The number of para-hydroxylation sites is 1. The third-order valence-corrected chi connectivity index (χ3v) is 7.14. The third kappa shape index (κ3) is 4.03. The molecule has 170 valence electrons. The van der Waals surface area contributed by atoms with Crippen LogP contribution in [-0.4, -0.2) is 49.1 Å². The normalized spacial score (nSPS) is 13.5. The second-order valence-corrected chi connectivity index (χ2v) is 9.32. The van der Waals surface area contributed by atoms with Crippen LogP contribution in [0.1, 0.15) is 23.2 Å². The van der Waals surface area contributed by atoms with Gasteiger partial charge in [0.25, 0.3) is 11.5 Å². The van der Waals surface area contributed by atoms with Crippen molar-refractivity contribution >= 4 is 32.8 Å². The molecule has 1 fully saturated rings. The number of nitrogens with zero attached hydrogens (tertiary/aromatic N) is 2. The van der Waals surface area contributed by atoms with Crippen LogP contribution >= 0.6 is 11.3 Å². The number of carbonyl (C=O) groups excluding carboxylic acids is 1. The molecule has 6 nitrogen and oxygen atoms in total. The first-order chi connectivity index (χ1) is 16.1. The van der Waals surface area contributed by atoms with Crippen molar-refractivity contribution in [3.8, 4) is 16.9 Å². The lowest BCUT2D eigenvalue weighted by Gasteiger charge is -2.24. The van der Waals surface area contributed by atoms with Crippen molar-refractivity contribution in [1.29, 1.82) is 0 Å². The van der Waals surface area contributed by atoms with Crippen molar-refractivity contribution in [3.63, 3.8) is 0 Å². The number of carbonyl (C=O) groups is 1. The maximum Gasteiger partial charge on any atom is 0.263 e. The summed E-state index contributed by atoms with van der Waals surface area (Å²) in [5.41, 5.74) is 2.13. The molecule has 0 N–H and O–H groups in total. The molecule has 3 heterocycles. The fraction of sp³-hybridized carbons (Fsp3) is 0.308. The number of ether oxygens (including phenoxy) is 2. The first-order valence-electron chi connectivity index (χ1n) is 11.1. The van der Waals surface area contributed by atoms with E-state index in [1.165, 1.54) is 0 Å². The van der Waals surface area contributed by atoms with Gasteiger partial charge in [0.1, 0.15) is 5.75 Å². The van der Waals surface area contributed by atoms with Gasteiger partial charge < -0.3 is 14.4 Å². The number of amides is 1. The Morgan fingerprint density at radius 3 is 2.73 bits per heavy atom. The first-order valence-corrected chi connectivity index (χ1v) is 12.0. The zero-order valence-electron chi connectivity index (χ0n) is 18.7. The van der Waals surface area contributed by atoms with E-state index in [4.69, 9.17) is 9.47 Å². The Morgan fingerprint density at radius 2 is 1.97 bits per heavy atom. The van der Waals surface area contributed by atoms with Gasteiger partial charge in [-0.25, -0.2) is 0 Å². The first kappa shape index (κ1) is 21.7. The van der Waals surface area contributed by atoms with Crippen LogP contribution < -0.4 is 10.3 Å². The van der Waals surface area contributed by atoms with Gasteiger partial charge in [0.05, 0.1) is 35.1 Å². The molecule has 1 aliphatic rings. The Balaban J connectivity index is 1.76. The van der Waals surface area contributed by atoms with Crippen molar-refractivity contribution in [3.05, 3.63) is 70.0 Å². The Labute approximate surface area is 196 Å². The SMILES string of the molecule is COCCN(CC1CC1)C(=O)c1cc(-c2ccccc2OC)c(=O)n2ccc3ccsc3c12. The number of thiophene rings is 1. The minimum atomic E-state index is -0.174. The number of benzene rings is 1. The van der Waals surface area contributed by atoms with Crippen LogP contribution in [0.15, 0.2) is 58.8 Å². The molecule has 3 aromatic heterocycles. The highest BCUT2D eigenvalue weighted by Gasteiger charge is 2.29. The Hall–Kier alpha value is -3.16. The van der Waals surface area contributed by atoms with Gasteiger partial charge in [-0.3, -0.25) is 14.0 Å². The smallest absolute Gasteiger partial charge is 0.263 e. The minimum Gasteiger partial charge on any atom is -0.496 e. The van der Waals surface area contributed by atoms with E-state index in [1.807, 2.05) is 46.7 Å². The average Bonchev–Trinajstić information content (AvgIpc) is 3.53. The fourth-order valence-electron chi connectivity index (χ4n) is 4.29. The van der Waals surface area contributed by atoms with Gasteiger partial charge in [-0.1, -0.05) is 18.2 Å². The van der Waals surface area contributed by atoms with E-state index in [2.05, 4.69) is 0 Å². The molecule has 1 saturated carbocycles. The van der Waals surface area contributed by atoms with Gasteiger partial charge in [-0.05, 0) is 53.8 Å². The van der Waals surface area contributed by atoms with Crippen molar-refractivity contribution < 1.29 is 14.3 Å². The lowest BCUT2D eigenvalue weighted by molar-refractivity contribution is 0.0688. The minimum absolute atomic E-state index is 0.0755. The largest absolute Gasteiger partial charge is 0.496 e. The fourth-order valence-corrected chi connectivity index (χ4v) is 5.23. The molecule has 0 atom stereocenters. The average molecular weight is 463 g/mol. The molecule has 0 aliphatic heterocycles. The van der Waals surface area contributed by atoms with E-state index in [0.717, 1.165) is 22.9 Å². The number of pyridine rings is 2. The molecule has 0 saturated heterocycles. The van der Waals surface area contributed by atoms with E-state index < -0.39 is 0 Å². The molecule has 5 rings (SSSR count). The van der Waals surface area contributed by atoms with Crippen LogP contribution in [0.25, 0.3) is 26.7 Å². The number of methoxy groups -OCH3 is 2. The van der Waals surface area contributed by atoms with Gasteiger partial charge in [-0.15, -0.1) is 11.3 Å². The van der Waals surface area contributed by atoms with Gasteiger partial charge in [-0.2, -0.15) is 0 Å². The Morgan fingerprint density at radius 1 is 1.15 bits per heavy atom. The zero-order chi connectivity index (χ0) is 22.9. The molecule has 0 radical (unpaired) electrons. The highest BCUT2D eigenvalue weighted by atomic mass is 32.1. The van der Waals surface area contributed by atoms with Crippen LogP contribution in [0.5, 0.6) is 5.75 Å². The van der Waals surface area contributed by atoms with Crippen molar-refractivity contribution in [1.82, 2.24) is 9.30 Å². The molecule has 33 heavy (non-hydrogen) atoms. The van der Waals surface area contributed by atoms with E-state index in [1.54, 1.807) is 42.2 Å². The maximum absolute atomic E-state index is 14.0. The third-order valence-electron chi connectivity index (χ3n) is 6.20. The van der Waals surface area contributed by atoms with Crippen LogP contribution in [0.3, 0.4) is 0 Å². The molecule has 7 heteroatoms. The topological polar surface area (TPSA) is 60.2 Å². The molecule has 4 aromatic rings. The molecule has 1 aromatic carbocycles. The summed E-state index contributed by atoms with van der Waals surface area (Å²) in [6.07, 6.45) is 4.06. The second-order valence-electron chi connectivity index (χ2n) is 8.40. The summed E-state index contributed by atoms with van der Waals surface area (Å²) in [5, 5.41) is 3.01. The number of fused-ring (bicyclic) bond motifs is 3. The molecular weight excluding hydrogens is 436 g/mol. The summed E-state index contributed by atoms with van der Waals surface area (Å²) >= 11 is 1.54. The zero-order valence-corrected chi connectivity index (χ0v) is 19.6. The van der Waals surface area contributed by atoms with Crippen LogP contribution in [-0.2, 0) is 4.74 Å². The molecule has 1 amide bonds. The summed E-state index contributed by atoms with van der Waals surface area (Å²) in [4.78, 5) is 29.5. The number of aromatic nitrogens is 1. The predicted molar refractivity (Wildman–Crippen MR) is 132 cm³/mol. The van der Waals surface area contributed by atoms with Crippen molar-refractivity contribution in [2.75, 3.05) is 33.9 Å². The van der Waals surface area contributed by atoms with E-state index in [9.17, 15) is 9.59 Å². The summed E-state index contributed by atoms with van der Waals surface area (Å²) in [5.74, 6) is 1.06. The molecule has 0 spiro atoms. The van der Waals surface area contributed by atoms with Crippen LogP contribution in [0, 0.1) is 5.92 Å². The molecular formula is C26H26N2O4S. The van der Waals surface area contributed by atoms with Gasteiger partial charge in [0, 0.05) is 32.0 Å². The maximum atomic E-state index is 14.0. The monoisotopic (exact) mass is 462 g/mol. The highest BCUT2D eigenvalue weighted by molar-refractivity contribution is 7.18. The van der Waals surface area contributed by atoms with E-state index in [0.29, 0.717) is 53.6 Å². The van der Waals surface area contributed by atoms with Crippen molar-refractivity contribution in [2.24, 2.45) is 5.92 Å². The van der Waals surface area contributed by atoms with Gasteiger partial charge in [0.2, 0.25) is 0 Å². The second kappa shape index (κ2) is 9.00. The van der Waals surface area contributed by atoms with Crippen molar-refractivity contribution in [2.45, 2.75) is 12.8 Å². The molecule has 0 unspecified atom stereocenters. The predicted octanol–water partition coefficient (Wildman–Crippen LogP) is 4.69. The number of rotatable bonds is 8. The standard InChI is InChI=1S/C26H26N2O4S/c1-31-13-12-27(16-17-7-8-17)25(29)21-15-20(19-5-3-4-6-22(19)32-2)26(30)28-11-9-18-10-14-33-24(18)23(21)28/h3-6,9-11,14-15,17H,7-8,12-13,16H2,1-2H3. The van der Waals surface area contributed by atoms with Crippen LogP contribution in [0.4, 0.5) is 0 Å². The molecule has 1 aliphatic carbocycles. The quantitative estimate of drug-likeness (QED) is 0.381. The molecule has 0 bridgehead atoms. The summed E-state index contributed by atoms with van der Waals surface area (Å²) in [6.45, 7) is 1.69. The lowest BCUT2D eigenvalue weighted by atomic mass is 10.0. The van der Waals surface area contributed by atoms with E-state index in [-0.39, 0.29) is 11.5 Å². The Bertz CT molecular complexity index is 1390. The lowest BCUT2D eigenvalue weighted by Crippen LogP contribution is -2.36. The van der Waals surface area contributed by atoms with Gasteiger partial charge in [0.15, 0.2) is 0 Å². The van der Waals surface area contributed by atoms with Crippen LogP contribution in [0.2, 0.25) is 0 Å². The summed E-state index contributed by atoms with van der Waals surface area (Å²) < 4.78 is 13.4. The summed E-state index contributed by atoms with van der Waals surface area (Å²) in [6, 6.07) is 13.1. The highest BCUT2D eigenvalue weighted by Crippen LogP contribution is 2.34. The van der Waals surface area contributed by atoms with E-state index >= 15 is 0 Å².